The van der Waals surface area contributed by atoms with E-state index in [-0.39, 0.29) is 0 Å². The SMILES string of the molecule is CCCNC(CSc1ccccc1Br)C1CC1. The van der Waals surface area contributed by atoms with E-state index in [1.54, 1.807) is 0 Å². The first-order valence-corrected chi connectivity index (χ1v) is 8.20. The lowest BCUT2D eigenvalue weighted by atomic mass is 10.2. The van der Waals surface area contributed by atoms with E-state index in [1.807, 2.05) is 11.8 Å². The van der Waals surface area contributed by atoms with Gasteiger partial charge in [-0.2, -0.15) is 0 Å². The molecule has 0 saturated heterocycles. The maximum absolute atomic E-state index is 3.68. The third-order valence-electron chi connectivity index (χ3n) is 3.10. The van der Waals surface area contributed by atoms with Gasteiger partial charge < -0.3 is 5.32 Å². The molecule has 1 aliphatic carbocycles. The summed E-state index contributed by atoms with van der Waals surface area (Å²) in [5.74, 6) is 2.12. The van der Waals surface area contributed by atoms with Gasteiger partial charge in [-0.1, -0.05) is 19.1 Å². The van der Waals surface area contributed by atoms with E-state index in [0.29, 0.717) is 6.04 Å². The molecule has 94 valence electrons. The molecule has 1 saturated carbocycles. The minimum absolute atomic E-state index is 0.701. The maximum Gasteiger partial charge on any atom is 0.0311 e. The Bertz CT molecular complexity index is 352. The van der Waals surface area contributed by atoms with Crippen molar-refractivity contribution in [2.75, 3.05) is 12.3 Å². The van der Waals surface area contributed by atoms with Gasteiger partial charge >= 0.3 is 0 Å². The summed E-state index contributed by atoms with van der Waals surface area (Å²) in [4.78, 5) is 1.36. The first-order valence-electron chi connectivity index (χ1n) is 6.42. The van der Waals surface area contributed by atoms with Gasteiger partial charge in [0, 0.05) is 21.2 Å². The predicted octanol–water partition coefficient (Wildman–Crippen LogP) is 4.32. The van der Waals surface area contributed by atoms with Gasteiger partial charge in [0.1, 0.15) is 0 Å². The molecule has 0 aromatic heterocycles. The molecule has 1 nitrogen and oxygen atoms in total. The lowest BCUT2D eigenvalue weighted by molar-refractivity contribution is 0.503. The summed E-state index contributed by atoms with van der Waals surface area (Å²) >= 11 is 5.58. The van der Waals surface area contributed by atoms with Crippen molar-refractivity contribution in [2.45, 2.75) is 37.1 Å². The molecule has 1 N–H and O–H groups in total. The van der Waals surface area contributed by atoms with Gasteiger partial charge in [0.05, 0.1) is 0 Å². The van der Waals surface area contributed by atoms with Gasteiger partial charge in [-0.05, 0) is 59.8 Å². The van der Waals surface area contributed by atoms with Crippen molar-refractivity contribution in [3.05, 3.63) is 28.7 Å². The third-order valence-corrected chi connectivity index (χ3v) is 5.25. The normalized spacial score (nSPS) is 17.1. The fourth-order valence-electron chi connectivity index (χ4n) is 1.93. The second-order valence-electron chi connectivity index (χ2n) is 4.64. The second-order valence-corrected chi connectivity index (χ2v) is 6.56. The highest BCUT2D eigenvalue weighted by molar-refractivity contribution is 9.10. The van der Waals surface area contributed by atoms with Gasteiger partial charge in [0.25, 0.3) is 0 Å². The molecule has 2 rings (SSSR count). The van der Waals surface area contributed by atoms with E-state index in [4.69, 9.17) is 0 Å². The van der Waals surface area contributed by atoms with Crippen LogP contribution in [0, 0.1) is 5.92 Å². The monoisotopic (exact) mass is 313 g/mol. The Balaban J connectivity index is 1.84. The van der Waals surface area contributed by atoms with Crippen LogP contribution < -0.4 is 5.32 Å². The van der Waals surface area contributed by atoms with E-state index in [2.05, 4.69) is 52.4 Å². The topological polar surface area (TPSA) is 12.0 Å². The van der Waals surface area contributed by atoms with E-state index in [0.717, 1.165) is 12.5 Å². The van der Waals surface area contributed by atoms with Gasteiger partial charge in [0.15, 0.2) is 0 Å². The van der Waals surface area contributed by atoms with Gasteiger partial charge in [-0.3, -0.25) is 0 Å². The van der Waals surface area contributed by atoms with Crippen LogP contribution in [0.25, 0.3) is 0 Å². The number of benzene rings is 1. The molecule has 0 aliphatic heterocycles. The summed E-state index contributed by atoms with van der Waals surface area (Å²) in [6, 6.07) is 9.19. The highest BCUT2D eigenvalue weighted by atomic mass is 79.9. The van der Waals surface area contributed by atoms with Crippen molar-refractivity contribution in [3.63, 3.8) is 0 Å². The summed E-state index contributed by atoms with van der Waals surface area (Å²) in [5, 5.41) is 3.68. The Hall–Kier alpha value is 0.01000. The molecule has 1 aliphatic rings. The summed E-state index contributed by atoms with van der Waals surface area (Å²) in [6.45, 7) is 3.38. The van der Waals surface area contributed by atoms with Crippen molar-refractivity contribution < 1.29 is 0 Å². The molecule has 0 amide bonds. The molecule has 1 aromatic carbocycles. The summed E-state index contributed by atoms with van der Waals surface area (Å²) in [6.07, 6.45) is 4.05. The van der Waals surface area contributed by atoms with Crippen LogP contribution in [0.3, 0.4) is 0 Å². The average Bonchev–Trinajstić information content (AvgIpc) is 3.15. The standard InChI is InChI=1S/C14H20BrNS/c1-2-9-16-13(11-7-8-11)10-17-14-6-4-3-5-12(14)15/h3-6,11,13,16H,2,7-10H2,1H3. The molecule has 0 radical (unpaired) electrons. The minimum Gasteiger partial charge on any atom is -0.313 e. The average molecular weight is 314 g/mol. The largest absolute Gasteiger partial charge is 0.313 e. The Kier molecular flexibility index (Phi) is 5.39. The molecule has 0 bridgehead atoms. The Morgan fingerprint density at radius 2 is 2.18 bits per heavy atom. The lowest BCUT2D eigenvalue weighted by Crippen LogP contribution is -2.33. The first kappa shape index (κ1) is 13.4. The van der Waals surface area contributed by atoms with Gasteiger partial charge in [0.2, 0.25) is 0 Å². The van der Waals surface area contributed by atoms with Crippen molar-refractivity contribution in [3.8, 4) is 0 Å². The van der Waals surface area contributed by atoms with Crippen molar-refractivity contribution in [1.82, 2.24) is 5.32 Å². The maximum atomic E-state index is 3.68. The zero-order valence-electron chi connectivity index (χ0n) is 10.3. The smallest absolute Gasteiger partial charge is 0.0311 e. The van der Waals surface area contributed by atoms with E-state index >= 15 is 0 Å². The number of hydrogen-bond acceptors (Lipinski definition) is 2. The van der Waals surface area contributed by atoms with Gasteiger partial charge in [-0.15, -0.1) is 11.8 Å². The number of halogens is 1. The van der Waals surface area contributed by atoms with Gasteiger partial charge in [-0.25, -0.2) is 0 Å². The lowest BCUT2D eigenvalue weighted by Gasteiger charge is -2.17. The number of nitrogens with one attached hydrogen (secondary N) is 1. The molecule has 17 heavy (non-hydrogen) atoms. The molecular weight excluding hydrogens is 294 g/mol. The third kappa shape index (κ3) is 4.31. The molecular formula is C14H20BrNS. The van der Waals surface area contributed by atoms with Crippen LogP contribution in [-0.2, 0) is 0 Å². The predicted molar refractivity (Wildman–Crippen MR) is 79.7 cm³/mol. The summed E-state index contributed by atoms with van der Waals surface area (Å²) in [5.41, 5.74) is 0. The molecule has 1 atom stereocenters. The molecule has 1 aromatic rings. The fourth-order valence-corrected chi connectivity index (χ4v) is 3.69. The first-order chi connectivity index (χ1) is 8.31. The zero-order valence-corrected chi connectivity index (χ0v) is 12.7. The number of hydrogen-bond donors (Lipinski definition) is 1. The van der Waals surface area contributed by atoms with Crippen LogP contribution in [0.4, 0.5) is 0 Å². The highest BCUT2D eigenvalue weighted by Crippen LogP contribution is 2.36. The van der Waals surface area contributed by atoms with Crippen molar-refractivity contribution >= 4 is 27.7 Å². The van der Waals surface area contributed by atoms with Crippen LogP contribution in [-0.4, -0.2) is 18.3 Å². The Morgan fingerprint density at radius 1 is 1.41 bits per heavy atom. The molecule has 0 heterocycles. The quantitative estimate of drug-likeness (QED) is 0.752. The molecule has 1 unspecified atom stereocenters. The number of rotatable bonds is 7. The summed E-state index contributed by atoms with van der Waals surface area (Å²) in [7, 11) is 0. The Morgan fingerprint density at radius 3 is 2.82 bits per heavy atom. The molecule has 3 heteroatoms. The van der Waals surface area contributed by atoms with Crippen LogP contribution in [0.15, 0.2) is 33.6 Å². The van der Waals surface area contributed by atoms with Crippen LogP contribution in [0.2, 0.25) is 0 Å². The van der Waals surface area contributed by atoms with Crippen LogP contribution >= 0.6 is 27.7 Å². The van der Waals surface area contributed by atoms with E-state index in [1.165, 1.54) is 34.4 Å². The van der Waals surface area contributed by atoms with Crippen LogP contribution in [0.1, 0.15) is 26.2 Å². The molecule has 0 spiro atoms. The number of thioether (sulfide) groups is 1. The summed E-state index contributed by atoms with van der Waals surface area (Å²) < 4.78 is 1.22. The highest BCUT2D eigenvalue weighted by Gasteiger charge is 2.30. The van der Waals surface area contributed by atoms with Crippen molar-refractivity contribution in [1.29, 1.82) is 0 Å². The van der Waals surface area contributed by atoms with E-state index in [9.17, 15) is 0 Å². The second kappa shape index (κ2) is 6.81. The van der Waals surface area contributed by atoms with Crippen LogP contribution in [0.5, 0.6) is 0 Å². The fraction of sp³-hybridized carbons (Fsp3) is 0.571. The van der Waals surface area contributed by atoms with Crippen molar-refractivity contribution in [2.24, 2.45) is 5.92 Å². The minimum atomic E-state index is 0.701. The zero-order chi connectivity index (χ0) is 12.1. The Labute approximate surface area is 117 Å². The van der Waals surface area contributed by atoms with E-state index < -0.39 is 0 Å². The molecule has 1 fully saturated rings.